The molecule has 96 valence electrons. The second-order valence-corrected chi connectivity index (χ2v) is 4.42. The lowest BCUT2D eigenvalue weighted by molar-refractivity contribution is 0.112. The highest BCUT2D eigenvalue weighted by Crippen LogP contribution is 2.18. The second kappa shape index (κ2) is 7.88. The van der Waals surface area contributed by atoms with Crippen molar-refractivity contribution in [1.82, 2.24) is 9.88 Å². The molecule has 0 aliphatic carbocycles. The van der Waals surface area contributed by atoms with Gasteiger partial charge in [-0.2, -0.15) is 0 Å². The van der Waals surface area contributed by atoms with E-state index in [1.807, 2.05) is 6.92 Å². The minimum Gasteiger partial charge on any atom is -0.380 e. The molecule has 17 heavy (non-hydrogen) atoms. The zero-order valence-electron chi connectivity index (χ0n) is 10.2. The van der Waals surface area contributed by atoms with Gasteiger partial charge in [0.05, 0.1) is 17.3 Å². The molecule has 1 aromatic heterocycles. The van der Waals surface area contributed by atoms with Gasteiger partial charge in [-0.05, 0) is 25.6 Å². The Morgan fingerprint density at radius 2 is 2.06 bits per heavy atom. The summed E-state index contributed by atoms with van der Waals surface area (Å²) in [4.78, 5) is 6.46. The summed E-state index contributed by atoms with van der Waals surface area (Å²) in [5.41, 5.74) is 0.817. The van der Waals surface area contributed by atoms with Crippen LogP contribution in [-0.4, -0.2) is 36.2 Å². The summed E-state index contributed by atoms with van der Waals surface area (Å²) in [6.07, 6.45) is 0. The molecule has 0 aliphatic rings. The molecule has 3 nitrogen and oxygen atoms in total. The molecule has 0 atom stereocenters. The van der Waals surface area contributed by atoms with E-state index in [4.69, 9.17) is 27.9 Å². The fraction of sp³-hybridized carbons (Fsp3) is 0.583. The van der Waals surface area contributed by atoms with Crippen LogP contribution in [0.2, 0.25) is 10.2 Å². The first-order valence-corrected chi connectivity index (χ1v) is 6.54. The molecule has 0 saturated heterocycles. The lowest BCUT2D eigenvalue weighted by Gasteiger charge is -2.20. The van der Waals surface area contributed by atoms with Gasteiger partial charge in [-0.1, -0.05) is 30.1 Å². The van der Waals surface area contributed by atoms with Gasteiger partial charge in [0.25, 0.3) is 0 Å². The molecular weight excluding hydrogens is 259 g/mol. The molecular formula is C12H18Cl2N2O. The number of aromatic nitrogens is 1. The fourth-order valence-electron chi connectivity index (χ4n) is 1.47. The van der Waals surface area contributed by atoms with E-state index in [1.165, 1.54) is 0 Å². The molecule has 0 aliphatic heterocycles. The topological polar surface area (TPSA) is 25.4 Å². The summed E-state index contributed by atoms with van der Waals surface area (Å²) in [6, 6.07) is 3.48. The van der Waals surface area contributed by atoms with Crippen molar-refractivity contribution in [3.8, 4) is 0 Å². The second-order valence-electron chi connectivity index (χ2n) is 3.63. The molecule has 1 rings (SSSR count). The van der Waals surface area contributed by atoms with E-state index in [-0.39, 0.29) is 0 Å². The maximum absolute atomic E-state index is 6.08. The number of halogens is 2. The van der Waals surface area contributed by atoms with E-state index in [0.29, 0.717) is 16.7 Å². The van der Waals surface area contributed by atoms with E-state index in [2.05, 4.69) is 16.8 Å². The number of likely N-dealkylation sites (N-methyl/N-ethyl adjacent to an activating group) is 1. The van der Waals surface area contributed by atoms with Gasteiger partial charge in [-0.25, -0.2) is 4.98 Å². The standard InChI is InChI=1S/C12H18Cl2N2O/c1-3-16(7-8-17-4-2)9-11-10(13)5-6-12(14)15-11/h5-6H,3-4,7-9H2,1-2H3. The lowest BCUT2D eigenvalue weighted by atomic mass is 10.3. The zero-order valence-corrected chi connectivity index (χ0v) is 11.8. The Balaban J connectivity index is 2.57. The van der Waals surface area contributed by atoms with Crippen molar-refractivity contribution in [2.24, 2.45) is 0 Å². The summed E-state index contributed by atoms with van der Waals surface area (Å²) in [7, 11) is 0. The Kier molecular flexibility index (Phi) is 6.82. The Labute approximate surface area is 113 Å². The minimum absolute atomic E-state index is 0.477. The quantitative estimate of drug-likeness (QED) is 0.565. The monoisotopic (exact) mass is 276 g/mol. The number of ether oxygens (including phenoxy) is 1. The van der Waals surface area contributed by atoms with E-state index in [1.54, 1.807) is 12.1 Å². The van der Waals surface area contributed by atoms with Crippen LogP contribution in [0, 0.1) is 0 Å². The van der Waals surface area contributed by atoms with Crippen LogP contribution in [0.3, 0.4) is 0 Å². The largest absolute Gasteiger partial charge is 0.380 e. The van der Waals surface area contributed by atoms with Gasteiger partial charge in [0.15, 0.2) is 0 Å². The van der Waals surface area contributed by atoms with Gasteiger partial charge in [0.1, 0.15) is 5.15 Å². The predicted molar refractivity (Wildman–Crippen MR) is 71.7 cm³/mol. The summed E-state index contributed by atoms with van der Waals surface area (Å²) in [6.45, 7) is 8.06. The van der Waals surface area contributed by atoms with Crippen LogP contribution in [0.5, 0.6) is 0 Å². The average Bonchev–Trinajstić information content (AvgIpc) is 2.32. The molecule has 0 bridgehead atoms. The van der Waals surface area contributed by atoms with E-state index >= 15 is 0 Å². The average molecular weight is 277 g/mol. The molecule has 1 aromatic rings. The van der Waals surface area contributed by atoms with Crippen molar-refractivity contribution in [3.63, 3.8) is 0 Å². The van der Waals surface area contributed by atoms with Crippen LogP contribution in [-0.2, 0) is 11.3 Å². The summed E-state index contributed by atoms with van der Waals surface area (Å²) in [5.74, 6) is 0. The highest BCUT2D eigenvalue weighted by Gasteiger charge is 2.08. The van der Waals surface area contributed by atoms with Gasteiger partial charge in [0.2, 0.25) is 0 Å². The van der Waals surface area contributed by atoms with Crippen LogP contribution in [0.1, 0.15) is 19.5 Å². The molecule has 0 fully saturated rings. The van der Waals surface area contributed by atoms with Gasteiger partial charge < -0.3 is 4.74 Å². The van der Waals surface area contributed by atoms with Crippen LogP contribution in [0.4, 0.5) is 0 Å². The Hall–Kier alpha value is -0.350. The SMILES string of the molecule is CCOCCN(CC)Cc1nc(Cl)ccc1Cl. The van der Waals surface area contributed by atoms with Crippen molar-refractivity contribution < 1.29 is 4.74 Å². The number of hydrogen-bond donors (Lipinski definition) is 0. The van der Waals surface area contributed by atoms with Crippen molar-refractivity contribution in [2.75, 3.05) is 26.3 Å². The Morgan fingerprint density at radius 3 is 2.71 bits per heavy atom. The highest BCUT2D eigenvalue weighted by atomic mass is 35.5. The zero-order chi connectivity index (χ0) is 12.7. The van der Waals surface area contributed by atoms with Crippen molar-refractivity contribution in [3.05, 3.63) is 28.0 Å². The van der Waals surface area contributed by atoms with Crippen LogP contribution < -0.4 is 0 Å². The van der Waals surface area contributed by atoms with Crippen LogP contribution >= 0.6 is 23.2 Å². The first-order valence-electron chi connectivity index (χ1n) is 5.78. The summed E-state index contributed by atoms with van der Waals surface area (Å²) < 4.78 is 5.34. The molecule has 1 heterocycles. The third-order valence-corrected chi connectivity index (χ3v) is 3.02. The van der Waals surface area contributed by atoms with Crippen molar-refractivity contribution >= 4 is 23.2 Å². The molecule has 0 spiro atoms. The van der Waals surface area contributed by atoms with Gasteiger partial charge in [-0.15, -0.1) is 0 Å². The first kappa shape index (κ1) is 14.7. The van der Waals surface area contributed by atoms with E-state index < -0.39 is 0 Å². The first-order chi connectivity index (χ1) is 8.17. The van der Waals surface area contributed by atoms with Gasteiger partial charge in [0, 0.05) is 19.7 Å². The van der Waals surface area contributed by atoms with Crippen molar-refractivity contribution in [1.29, 1.82) is 0 Å². The number of nitrogens with zero attached hydrogens (tertiary/aromatic N) is 2. The predicted octanol–water partition coefficient (Wildman–Crippen LogP) is 3.25. The highest BCUT2D eigenvalue weighted by molar-refractivity contribution is 6.32. The van der Waals surface area contributed by atoms with Crippen molar-refractivity contribution in [2.45, 2.75) is 20.4 Å². The maximum Gasteiger partial charge on any atom is 0.129 e. The molecule has 0 aromatic carbocycles. The number of pyridine rings is 1. The van der Waals surface area contributed by atoms with E-state index in [9.17, 15) is 0 Å². The van der Waals surface area contributed by atoms with E-state index in [0.717, 1.165) is 32.0 Å². The minimum atomic E-state index is 0.477. The third-order valence-electron chi connectivity index (χ3n) is 2.46. The van der Waals surface area contributed by atoms with Crippen LogP contribution in [0.15, 0.2) is 12.1 Å². The normalized spacial score (nSPS) is 11.1. The number of hydrogen-bond acceptors (Lipinski definition) is 3. The smallest absolute Gasteiger partial charge is 0.129 e. The molecule has 0 amide bonds. The molecule has 0 N–H and O–H groups in total. The van der Waals surface area contributed by atoms with Gasteiger partial charge >= 0.3 is 0 Å². The fourth-order valence-corrected chi connectivity index (χ4v) is 1.80. The third kappa shape index (κ3) is 5.21. The lowest BCUT2D eigenvalue weighted by Crippen LogP contribution is -2.27. The van der Waals surface area contributed by atoms with Crippen LogP contribution in [0.25, 0.3) is 0 Å². The van der Waals surface area contributed by atoms with Gasteiger partial charge in [-0.3, -0.25) is 4.90 Å². The molecule has 0 unspecified atom stereocenters. The molecule has 5 heteroatoms. The molecule has 0 radical (unpaired) electrons. The Morgan fingerprint density at radius 1 is 1.29 bits per heavy atom. The summed E-state index contributed by atoms with van der Waals surface area (Å²) in [5, 5.41) is 1.13. The molecule has 0 saturated carbocycles. The Bertz CT molecular complexity index is 347. The maximum atomic E-state index is 6.08. The summed E-state index contributed by atoms with van der Waals surface area (Å²) >= 11 is 11.9. The number of rotatable bonds is 7.